The zero-order valence-electron chi connectivity index (χ0n) is 16.7. The van der Waals surface area contributed by atoms with Gasteiger partial charge in [0.1, 0.15) is 5.75 Å². The smallest absolute Gasteiger partial charge is 0.243 e. The average Bonchev–Trinajstić information content (AvgIpc) is 3.26. The molecule has 0 radical (unpaired) electrons. The zero-order valence-corrected chi connectivity index (χ0v) is 18.3. The summed E-state index contributed by atoms with van der Waals surface area (Å²) in [7, 11) is -2.52. The number of halogens is 1. The summed E-state index contributed by atoms with van der Waals surface area (Å²) in [5.74, 6) is -0.0100. The number of carbonyl (C=O) groups excluding carboxylic acids is 1. The number of nitrogens with one attached hydrogen (secondary N) is 1. The minimum atomic E-state index is -3.98. The van der Waals surface area contributed by atoms with E-state index < -0.39 is 10.0 Å². The molecule has 0 aliphatic carbocycles. The van der Waals surface area contributed by atoms with E-state index in [1.165, 1.54) is 25.3 Å². The van der Waals surface area contributed by atoms with Crippen molar-refractivity contribution in [2.24, 2.45) is 0 Å². The molecule has 0 unspecified atom stereocenters. The average molecular weight is 453 g/mol. The van der Waals surface area contributed by atoms with E-state index >= 15 is 0 Å². The van der Waals surface area contributed by atoms with E-state index in [9.17, 15) is 13.2 Å². The van der Waals surface area contributed by atoms with Crippen LogP contribution < -0.4 is 10.1 Å². The van der Waals surface area contributed by atoms with Gasteiger partial charge in [-0.1, -0.05) is 41.9 Å². The van der Waals surface area contributed by atoms with Crippen LogP contribution in [-0.2, 0) is 26.1 Å². The number of ether oxygens (including phenoxy) is 2. The van der Waals surface area contributed by atoms with Gasteiger partial charge >= 0.3 is 0 Å². The lowest BCUT2D eigenvalue weighted by Gasteiger charge is -2.23. The van der Waals surface area contributed by atoms with Crippen LogP contribution in [0.1, 0.15) is 18.4 Å². The highest BCUT2D eigenvalue weighted by Crippen LogP contribution is 2.29. The third kappa shape index (κ3) is 5.72. The Morgan fingerprint density at radius 2 is 2.03 bits per heavy atom. The minimum Gasteiger partial charge on any atom is -0.495 e. The summed E-state index contributed by atoms with van der Waals surface area (Å²) in [6, 6.07) is 13.4. The van der Waals surface area contributed by atoms with Crippen molar-refractivity contribution in [3.05, 3.63) is 59.1 Å². The molecule has 1 amide bonds. The van der Waals surface area contributed by atoms with Gasteiger partial charge in [-0.3, -0.25) is 4.79 Å². The molecule has 1 saturated heterocycles. The molecule has 3 rings (SSSR count). The van der Waals surface area contributed by atoms with Crippen LogP contribution in [0.5, 0.6) is 5.75 Å². The van der Waals surface area contributed by atoms with Gasteiger partial charge in [-0.25, -0.2) is 8.42 Å². The monoisotopic (exact) mass is 452 g/mol. The number of methoxy groups -OCH3 is 1. The molecule has 0 saturated carbocycles. The highest BCUT2D eigenvalue weighted by Gasteiger charge is 2.28. The Morgan fingerprint density at radius 1 is 1.27 bits per heavy atom. The van der Waals surface area contributed by atoms with Crippen LogP contribution in [0.15, 0.2) is 53.4 Å². The number of carbonyl (C=O) groups is 1. The number of benzene rings is 2. The van der Waals surface area contributed by atoms with Gasteiger partial charge in [-0.05, 0) is 36.6 Å². The van der Waals surface area contributed by atoms with Crippen LogP contribution in [0.4, 0.5) is 0 Å². The zero-order chi connectivity index (χ0) is 21.6. The Bertz CT molecular complexity index is 963. The van der Waals surface area contributed by atoms with Crippen molar-refractivity contribution >= 4 is 27.5 Å². The Labute approximate surface area is 182 Å². The molecule has 9 heteroatoms. The van der Waals surface area contributed by atoms with E-state index in [0.29, 0.717) is 18.9 Å². The molecule has 30 heavy (non-hydrogen) atoms. The van der Waals surface area contributed by atoms with Crippen molar-refractivity contribution in [1.82, 2.24) is 9.62 Å². The Morgan fingerprint density at radius 3 is 2.67 bits per heavy atom. The molecule has 7 nitrogen and oxygen atoms in total. The third-order valence-corrected chi connectivity index (χ3v) is 6.92. The van der Waals surface area contributed by atoms with Gasteiger partial charge < -0.3 is 14.8 Å². The normalized spacial score (nSPS) is 16.6. The molecule has 1 fully saturated rings. The fraction of sp³-hybridized carbons (Fsp3) is 0.381. The van der Waals surface area contributed by atoms with Crippen molar-refractivity contribution < 1.29 is 22.7 Å². The highest BCUT2D eigenvalue weighted by atomic mass is 35.5. The maximum absolute atomic E-state index is 13.3. The molecule has 1 N–H and O–H groups in total. The molecular weight excluding hydrogens is 428 g/mol. The molecule has 1 aliphatic heterocycles. The maximum Gasteiger partial charge on any atom is 0.243 e. The van der Waals surface area contributed by atoms with Crippen molar-refractivity contribution in [3.8, 4) is 5.75 Å². The van der Waals surface area contributed by atoms with E-state index in [1.54, 1.807) is 0 Å². The first-order valence-electron chi connectivity index (χ1n) is 9.66. The molecule has 0 aromatic heterocycles. The van der Waals surface area contributed by atoms with Crippen LogP contribution in [0.3, 0.4) is 0 Å². The van der Waals surface area contributed by atoms with Crippen LogP contribution in [0.2, 0.25) is 5.02 Å². The van der Waals surface area contributed by atoms with Gasteiger partial charge in [0.25, 0.3) is 0 Å². The second kappa shape index (κ2) is 10.3. The van der Waals surface area contributed by atoms with E-state index in [2.05, 4.69) is 5.32 Å². The van der Waals surface area contributed by atoms with E-state index in [0.717, 1.165) is 22.7 Å². The second-order valence-corrected chi connectivity index (χ2v) is 9.34. The molecule has 0 spiro atoms. The van der Waals surface area contributed by atoms with Crippen LogP contribution in [0.25, 0.3) is 0 Å². The van der Waals surface area contributed by atoms with Gasteiger partial charge in [0.15, 0.2) is 0 Å². The molecular formula is C21H25ClN2O5S. The maximum atomic E-state index is 13.3. The second-order valence-electron chi connectivity index (χ2n) is 6.99. The first-order chi connectivity index (χ1) is 14.4. The van der Waals surface area contributed by atoms with Gasteiger partial charge in [0.05, 0.1) is 29.7 Å². The van der Waals surface area contributed by atoms with Gasteiger partial charge in [-0.15, -0.1) is 0 Å². The summed E-state index contributed by atoms with van der Waals surface area (Å²) >= 11 is 6.13. The highest BCUT2D eigenvalue weighted by molar-refractivity contribution is 7.89. The largest absolute Gasteiger partial charge is 0.495 e. The van der Waals surface area contributed by atoms with Gasteiger partial charge in [0.2, 0.25) is 15.9 Å². The fourth-order valence-corrected chi connectivity index (χ4v) is 4.95. The lowest BCUT2D eigenvalue weighted by molar-refractivity contribution is -0.121. The summed E-state index contributed by atoms with van der Waals surface area (Å²) < 4.78 is 38.4. The Kier molecular flexibility index (Phi) is 7.71. The van der Waals surface area contributed by atoms with Crippen LogP contribution in [-0.4, -0.2) is 51.5 Å². The molecule has 1 atom stereocenters. The minimum absolute atomic E-state index is 0.00356. The van der Waals surface area contributed by atoms with Crippen molar-refractivity contribution in [2.45, 2.75) is 30.4 Å². The number of hydrogen-bond acceptors (Lipinski definition) is 5. The van der Waals surface area contributed by atoms with Gasteiger partial charge in [0, 0.05) is 19.7 Å². The van der Waals surface area contributed by atoms with Crippen molar-refractivity contribution in [3.63, 3.8) is 0 Å². The summed E-state index contributed by atoms with van der Waals surface area (Å²) in [6.45, 7) is 0.799. The molecule has 2 aromatic rings. The SMILES string of the molecule is COc1ccc(S(=O)(=O)N(CC(=O)NC[C@H]2CCCO2)Cc2ccccc2)cc1Cl. The van der Waals surface area contributed by atoms with Gasteiger partial charge in [-0.2, -0.15) is 4.31 Å². The molecule has 1 aliphatic rings. The molecule has 0 bridgehead atoms. The predicted octanol–water partition coefficient (Wildman–Crippen LogP) is 2.83. The number of amides is 1. The summed E-state index contributed by atoms with van der Waals surface area (Å²) in [5, 5.41) is 2.96. The summed E-state index contributed by atoms with van der Waals surface area (Å²) in [5.41, 5.74) is 0.771. The van der Waals surface area contributed by atoms with E-state index in [1.807, 2.05) is 30.3 Å². The predicted molar refractivity (Wildman–Crippen MR) is 114 cm³/mol. The number of nitrogens with zero attached hydrogens (tertiary/aromatic N) is 1. The Balaban J connectivity index is 1.80. The van der Waals surface area contributed by atoms with Crippen LogP contribution >= 0.6 is 11.6 Å². The lowest BCUT2D eigenvalue weighted by atomic mass is 10.2. The van der Waals surface area contributed by atoms with Crippen molar-refractivity contribution in [2.75, 3.05) is 26.8 Å². The first-order valence-corrected chi connectivity index (χ1v) is 11.5. The number of sulfonamides is 1. The van der Waals surface area contributed by atoms with E-state index in [-0.39, 0.29) is 35.0 Å². The summed E-state index contributed by atoms with van der Waals surface area (Å²) in [4.78, 5) is 12.5. The molecule has 162 valence electrons. The Hall–Kier alpha value is -2.13. The third-order valence-electron chi connectivity index (χ3n) is 4.83. The standard InChI is InChI=1S/C21H25ClN2O5S/c1-28-20-10-9-18(12-19(20)22)30(26,27)24(14-16-6-3-2-4-7-16)15-21(25)23-13-17-8-5-11-29-17/h2-4,6-7,9-10,12,17H,5,8,11,13-15H2,1H3,(H,23,25)/t17-/m1/s1. The quantitative estimate of drug-likeness (QED) is 0.632. The first kappa shape index (κ1) is 22.6. The lowest BCUT2D eigenvalue weighted by Crippen LogP contribution is -2.42. The number of hydrogen-bond donors (Lipinski definition) is 1. The fourth-order valence-electron chi connectivity index (χ4n) is 3.22. The summed E-state index contributed by atoms with van der Waals surface area (Å²) in [6.07, 6.45) is 1.83. The molecule has 1 heterocycles. The van der Waals surface area contributed by atoms with Crippen LogP contribution in [0, 0.1) is 0 Å². The topological polar surface area (TPSA) is 84.9 Å². The molecule has 2 aromatic carbocycles. The van der Waals surface area contributed by atoms with Crippen molar-refractivity contribution in [1.29, 1.82) is 0 Å². The van der Waals surface area contributed by atoms with E-state index in [4.69, 9.17) is 21.1 Å². The number of rotatable bonds is 9.